The van der Waals surface area contributed by atoms with Gasteiger partial charge < -0.3 is 4.90 Å². The van der Waals surface area contributed by atoms with Crippen LogP contribution in [0.3, 0.4) is 0 Å². The van der Waals surface area contributed by atoms with Crippen molar-refractivity contribution in [3.8, 4) is 0 Å². The van der Waals surface area contributed by atoms with E-state index in [1.807, 2.05) is 0 Å². The average Bonchev–Trinajstić information content (AvgIpc) is 2.28. The Hall–Kier alpha value is -1.38. The maximum atomic E-state index is 12.5. The van der Waals surface area contributed by atoms with Crippen molar-refractivity contribution in [3.63, 3.8) is 0 Å². The summed E-state index contributed by atoms with van der Waals surface area (Å²) in [6.45, 7) is 0.229. The zero-order valence-corrected chi connectivity index (χ0v) is 10.00. The molecule has 0 amide bonds. The lowest BCUT2D eigenvalue weighted by molar-refractivity contribution is -0.141. The molecule has 100 valence electrons. The third-order valence-corrected chi connectivity index (χ3v) is 4.17. The van der Waals surface area contributed by atoms with Gasteiger partial charge in [-0.25, -0.2) is 18.4 Å². The van der Waals surface area contributed by atoms with Gasteiger partial charge in [0.25, 0.3) is 0 Å². The van der Waals surface area contributed by atoms with E-state index >= 15 is 0 Å². The smallest absolute Gasteiger partial charge is 0.339 e. The second-order valence-electron chi connectivity index (χ2n) is 3.88. The molecule has 0 radical (unpaired) electrons. The number of halogens is 3. The molecule has 0 spiro atoms. The lowest BCUT2D eigenvalue weighted by atomic mass is 10.4. The van der Waals surface area contributed by atoms with Crippen LogP contribution in [0, 0.1) is 0 Å². The van der Waals surface area contributed by atoms with E-state index in [4.69, 9.17) is 0 Å². The molecule has 0 aromatic carbocycles. The van der Waals surface area contributed by atoms with Gasteiger partial charge in [-0.2, -0.15) is 13.2 Å². The van der Waals surface area contributed by atoms with Crippen LogP contribution < -0.4 is 4.90 Å². The second kappa shape index (κ2) is 4.38. The lowest BCUT2D eigenvalue weighted by Crippen LogP contribution is -2.41. The number of anilines is 1. The van der Waals surface area contributed by atoms with E-state index in [1.165, 1.54) is 4.90 Å². The molecule has 1 aromatic rings. The van der Waals surface area contributed by atoms with Crippen LogP contribution in [0.5, 0.6) is 0 Å². The van der Waals surface area contributed by atoms with Crippen molar-refractivity contribution in [3.05, 3.63) is 18.0 Å². The number of nitrogens with zero attached hydrogens (tertiary/aromatic N) is 3. The summed E-state index contributed by atoms with van der Waals surface area (Å²) < 4.78 is 59.8. The van der Waals surface area contributed by atoms with Crippen molar-refractivity contribution in [2.24, 2.45) is 0 Å². The zero-order chi connectivity index (χ0) is 13.4. The average molecular weight is 281 g/mol. The van der Waals surface area contributed by atoms with Gasteiger partial charge in [0.15, 0.2) is 9.84 Å². The third kappa shape index (κ3) is 2.89. The quantitative estimate of drug-likeness (QED) is 0.759. The van der Waals surface area contributed by atoms with Gasteiger partial charge in [0.2, 0.25) is 5.95 Å². The normalized spacial score (nSPS) is 19.8. The molecule has 1 saturated heterocycles. The van der Waals surface area contributed by atoms with Gasteiger partial charge in [0, 0.05) is 19.3 Å². The first kappa shape index (κ1) is 13.1. The van der Waals surface area contributed by atoms with Gasteiger partial charge in [-0.3, -0.25) is 0 Å². The first-order valence-electron chi connectivity index (χ1n) is 5.13. The van der Waals surface area contributed by atoms with Crippen molar-refractivity contribution in [1.29, 1.82) is 0 Å². The fourth-order valence-electron chi connectivity index (χ4n) is 1.57. The minimum Gasteiger partial charge on any atom is -0.339 e. The van der Waals surface area contributed by atoms with Crippen LogP contribution in [0.15, 0.2) is 12.3 Å². The maximum Gasteiger partial charge on any atom is 0.433 e. The number of aromatic nitrogens is 2. The van der Waals surface area contributed by atoms with Crippen molar-refractivity contribution < 1.29 is 21.6 Å². The summed E-state index contributed by atoms with van der Waals surface area (Å²) in [5.74, 6) is -0.265. The molecule has 5 nitrogen and oxygen atoms in total. The SMILES string of the molecule is O=S1(=O)CCN(c2nccc(C(F)(F)F)n2)CC1. The topological polar surface area (TPSA) is 63.2 Å². The third-order valence-electron chi connectivity index (χ3n) is 2.56. The van der Waals surface area contributed by atoms with E-state index in [9.17, 15) is 21.6 Å². The zero-order valence-electron chi connectivity index (χ0n) is 9.18. The number of sulfone groups is 1. The van der Waals surface area contributed by atoms with Crippen LogP contribution in [-0.2, 0) is 16.0 Å². The molecule has 0 aliphatic carbocycles. The molecule has 2 rings (SSSR count). The highest BCUT2D eigenvalue weighted by Gasteiger charge is 2.33. The molecule has 0 unspecified atom stereocenters. The molecule has 18 heavy (non-hydrogen) atoms. The molecule has 2 heterocycles. The van der Waals surface area contributed by atoms with Crippen LogP contribution >= 0.6 is 0 Å². The Kier molecular flexibility index (Phi) is 3.18. The molecule has 0 N–H and O–H groups in total. The van der Waals surface area contributed by atoms with Crippen LogP contribution in [-0.4, -0.2) is 43.0 Å². The van der Waals surface area contributed by atoms with E-state index in [-0.39, 0.29) is 30.5 Å². The highest BCUT2D eigenvalue weighted by Crippen LogP contribution is 2.28. The maximum absolute atomic E-state index is 12.5. The molecule has 0 atom stereocenters. The summed E-state index contributed by atoms with van der Waals surface area (Å²) in [6.07, 6.45) is -3.51. The Morgan fingerprint density at radius 1 is 1.22 bits per heavy atom. The molecule has 1 fully saturated rings. The number of rotatable bonds is 1. The van der Waals surface area contributed by atoms with Gasteiger partial charge in [-0.05, 0) is 6.07 Å². The van der Waals surface area contributed by atoms with E-state index < -0.39 is 21.7 Å². The van der Waals surface area contributed by atoms with Gasteiger partial charge in [-0.1, -0.05) is 0 Å². The van der Waals surface area contributed by atoms with Gasteiger partial charge in [-0.15, -0.1) is 0 Å². The highest BCUT2D eigenvalue weighted by molar-refractivity contribution is 7.91. The first-order valence-corrected chi connectivity index (χ1v) is 6.96. The Morgan fingerprint density at radius 2 is 1.83 bits per heavy atom. The number of hydrogen-bond donors (Lipinski definition) is 0. The first-order chi connectivity index (χ1) is 8.28. The molecule has 9 heteroatoms. The minimum atomic E-state index is -4.53. The van der Waals surface area contributed by atoms with E-state index in [0.717, 1.165) is 12.3 Å². The molecular formula is C9H10F3N3O2S. The Balaban J connectivity index is 2.20. The second-order valence-corrected chi connectivity index (χ2v) is 6.18. The largest absolute Gasteiger partial charge is 0.433 e. The van der Waals surface area contributed by atoms with Crippen LogP contribution in [0.1, 0.15) is 5.69 Å². The van der Waals surface area contributed by atoms with Crippen molar-refractivity contribution in [2.75, 3.05) is 29.5 Å². The monoisotopic (exact) mass is 281 g/mol. The molecule has 0 bridgehead atoms. The fraction of sp³-hybridized carbons (Fsp3) is 0.556. The number of hydrogen-bond acceptors (Lipinski definition) is 5. The van der Waals surface area contributed by atoms with E-state index in [1.54, 1.807) is 0 Å². The number of alkyl halides is 3. The summed E-state index contributed by atoms with van der Waals surface area (Å²) >= 11 is 0. The van der Waals surface area contributed by atoms with Gasteiger partial charge in [0.1, 0.15) is 5.69 Å². The van der Waals surface area contributed by atoms with Gasteiger partial charge >= 0.3 is 6.18 Å². The standard InChI is InChI=1S/C9H10F3N3O2S/c10-9(11,12)7-1-2-13-8(14-7)15-3-5-18(16,17)6-4-15/h1-2H,3-6H2. The Bertz CT molecular complexity index is 530. The Labute approximate surface area is 102 Å². The van der Waals surface area contributed by atoms with Gasteiger partial charge in [0.05, 0.1) is 11.5 Å². The summed E-state index contributed by atoms with van der Waals surface area (Å²) in [5.41, 5.74) is -1.03. The summed E-state index contributed by atoms with van der Waals surface area (Å²) in [6, 6.07) is 0.782. The van der Waals surface area contributed by atoms with E-state index in [2.05, 4.69) is 9.97 Å². The van der Waals surface area contributed by atoms with Crippen molar-refractivity contribution in [1.82, 2.24) is 9.97 Å². The predicted octanol–water partition coefficient (Wildman–Crippen LogP) is 0.730. The fourth-order valence-corrected chi connectivity index (χ4v) is 2.77. The van der Waals surface area contributed by atoms with E-state index in [0.29, 0.717) is 0 Å². The molecule has 0 saturated carbocycles. The summed E-state index contributed by atoms with van der Waals surface area (Å²) in [7, 11) is -3.08. The molecule has 1 aliphatic heterocycles. The highest BCUT2D eigenvalue weighted by atomic mass is 32.2. The van der Waals surface area contributed by atoms with Crippen molar-refractivity contribution in [2.45, 2.75) is 6.18 Å². The molecule has 1 aliphatic rings. The summed E-state index contributed by atoms with van der Waals surface area (Å²) in [4.78, 5) is 8.60. The lowest BCUT2D eigenvalue weighted by Gasteiger charge is -2.26. The molecule has 1 aromatic heterocycles. The van der Waals surface area contributed by atoms with Crippen LogP contribution in [0.2, 0.25) is 0 Å². The summed E-state index contributed by atoms with van der Waals surface area (Å²) in [5, 5.41) is 0. The predicted molar refractivity (Wildman–Crippen MR) is 57.9 cm³/mol. The van der Waals surface area contributed by atoms with Crippen LogP contribution in [0.25, 0.3) is 0 Å². The van der Waals surface area contributed by atoms with Crippen LogP contribution in [0.4, 0.5) is 19.1 Å². The molecular weight excluding hydrogens is 271 g/mol. The minimum absolute atomic E-state index is 0.0836. The van der Waals surface area contributed by atoms with Crippen molar-refractivity contribution >= 4 is 15.8 Å². The Morgan fingerprint density at radius 3 is 2.39 bits per heavy atom.